The molecule has 0 saturated heterocycles. The van der Waals surface area contributed by atoms with Crippen LogP contribution in [-0.4, -0.2) is 18.8 Å². The summed E-state index contributed by atoms with van der Waals surface area (Å²) in [6, 6.07) is 6.51. The predicted molar refractivity (Wildman–Crippen MR) is 65.3 cm³/mol. The highest BCUT2D eigenvalue weighted by atomic mass is 32.2. The van der Waals surface area contributed by atoms with Crippen LogP contribution in [0.5, 0.6) is 0 Å². The van der Waals surface area contributed by atoms with E-state index < -0.39 is 5.92 Å². The Morgan fingerprint density at radius 2 is 1.81 bits per heavy atom. The lowest BCUT2D eigenvalue weighted by atomic mass is 10.1. The van der Waals surface area contributed by atoms with E-state index in [1.54, 1.807) is 23.9 Å². The molecule has 4 heteroatoms. The van der Waals surface area contributed by atoms with Crippen LogP contribution in [0.25, 0.3) is 0 Å². The molecule has 0 aliphatic carbocycles. The van der Waals surface area contributed by atoms with Gasteiger partial charge in [0.2, 0.25) is 0 Å². The maximum atomic E-state index is 13.5. The standard InChI is InChI=1S/C12H17F2NS/c1-9(2)16-11-6-4-10(5-7-11)12(13,14)8-15-3/h4-7,9,15H,8H2,1-3H3. The van der Waals surface area contributed by atoms with Gasteiger partial charge in [-0.05, 0) is 19.2 Å². The molecule has 0 saturated carbocycles. The van der Waals surface area contributed by atoms with Crippen molar-refractivity contribution < 1.29 is 8.78 Å². The maximum absolute atomic E-state index is 13.5. The van der Waals surface area contributed by atoms with Crippen LogP contribution in [-0.2, 0) is 5.92 Å². The summed E-state index contributed by atoms with van der Waals surface area (Å²) in [6.45, 7) is 3.83. The normalized spacial score (nSPS) is 12.1. The van der Waals surface area contributed by atoms with Crippen LogP contribution >= 0.6 is 11.8 Å². The molecule has 90 valence electrons. The van der Waals surface area contributed by atoms with Crippen LogP contribution in [0, 0.1) is 0 Å². The minimum absolute atomic E-state index is 0.0648. The molecule has 16 heavy (non-hydrogen) atoms. The first kappa shape index (κ1) is 13.5. The zero-order chi connectivity index (χ0) is 12.2. The lowest BCUT2D eigenvalue weighted by Crippen LogP contribution is -2.27. The third kappa shape index (κ3) is 3.76. The van der Waals surface area contributed by atoms with E-state index >= 15 is 0 Å². The highest BCUT2D eigenvalue weighted by Crippen LogP contribution is 2.30. The van der Waals surface area contributed by atoms with Crippen molar-refractivity contribution in [1.82, 2.24) is 5.32 Å². The molecule has 0 aromatic heterocycles. The summed E-state index contributed by atoms with van der Waals surface area (Å²) in [5.74, 6) is -2.80. The van der Waals surface area contributed by atoms with E-state index in [4.69, 9.17) is 0 Å². The molecule has 0 aliphatic heterocycles. The second-order valence-electron chi connectivity index (χ2n) is 3.93. The summed E-state index contributed by atoms with van der Waals surface area (Å²) in [5.41, 5.74) is 0.0648. The fourth-order valence-corrected chi connectivity index (χ4v) is 2.21. The molecule has 0 fully saturated rings. The number of rotatable bonds is 5. The van der Waals surface area contributed by atoms with Gasteiger partial charge in [-0.2, -0.15) is 8.78 Å². The van der Waals surface area contributed by atoms with E-state index in [0.29, 0.717) is 5.25 Å². The van der Waals surface area contributed by atoms with Crippen molar-refractivity contribution in [2.24, 2.45) is 0 Å². The SMILES string of the molecule is CNCC(F)(F)c1ccc(SC(C)C)cc1. The Labute approximate surface area is 99.6 Å². The second-order valence-corrected chi connectivity index (χ2v) is 5.58. The molecule has 1 N–H and O–H groups in total. The minimum Gasteiger partial charge on any atom is -0.314 e. The van der Waals surface area contributed by atoms with E-state index in [-0.39, 0.29) is 12.1 Å². The maximum Gasteiger partial charge on any atom is 0.285 e. The molecule has 1 rings (SSSR count). The van der Waals surface area contributed by atoms with Gasteiger partial charge in [0.1, 0.15) is 0 Å². The van der Waals surface area contributed by atoms with Crippen molar-refractivity contribution in [1.29, 1.82) is 0 Å². The van der Waals surface area contributed by atoms with Crippen molar-refractivity contribution in [3.8, 4) is 0 Å². The summed E-state index contributed by atoms with van der Waals surface area (Å²) in [4.78, 5) is 1.03. The monoisotopic (exact) mass is 245 g/mol. The Morgan fingerprint density at radius 3 is 2.25 bits per heavy atom. The summed E-state index contributed by atoms with van der Waals surface area (Å²) in [6.07, 6.45) is 0. The molecule has 1 aromatic rings. The Balaban J connectivity index is 2.78. The fourth-order valence-electron chi connectivity index (χ4n) is 1.37. The van der Waals surface area contributed by atoms with E-state index in [0.717, 1.165) is 4.90 Å². The molecule has 0 unspecified atom stereocenters. The molecule has 0 atom stereocenters. The molecule has 0 radical (unpaired) electrons. The molecular formula is C12H17F2NS. The molecular weight excluding hydrogens is 228 g/mol. The van der Waals surface area contributed by atoms with Crippen LogP contribution in [0.2, 0.25) is 0 Å². The average molecular weight is 245 g/mol. The summed E-state index contributed by atoms with van der Waals surface area (Å²) >= 11 is 1.67. The van der Waals surface area contributed by atoms with Crippen LogP contribution in [0.1, 0.15) is 19.4 Å². The molecule has 1 nitrogen and oxygen atoms in total. The molecule has 0 bridgehead atoms. The van der Waals surface area contributed by atoms with Crippen LogP contribution < -0.4 is 5.32 Å². The minimum atomic E-state index is -2.80. The quantitative estimate of drug-likeness (QED) is 0.797. The molecule has 0 spiro atoms. The van der Waals surface area contributed by atoms with E-state index in [1.807, 2.05) is 0 Å². The van der Waals surface area contributed by atoms with Crippen molar-refractivity contribution >= 4 is 11.8 Å². The van der Waals surface area contributed by atoms with Crippen molar-refractivity contribution in [2.45, 2.75) is 29.9 Å². The van der Waals surface area contributed by atoms with E-state index in [2.05, 4.69) is 19.2 Å². The first-order valence-electron chi connectivity index (χ1n) is 5.25. The van der Waals surface area contributed by atoms with Gasteiger partial charge < -0.3 is 5.32 Å². The number of alkyl halides is 2. The van der Waals surface area contributed by atoms with Gasteiger partial charge in [0.05, 0.1) is 6.54 Å². The van der Waals surface area contributed by atoms with E-state index in [9.17, 15) is 8.78 Å². The highest BCUT2D eigenvalue weighted by Gasteiger charge is 2.30. The summed E-state index contributed by atoms with van der Waals surface area (Å²) in [7, 11) is 1.52. The van der Waals surface area contributed by atoms with Crippen LogP contribution in [0.3, 0.4) is 0 Å². The Bertz CT molecular complexity index is 322. The second kappa shape index (κ2) is 5.64. The number of thioether (sulfide) groups is 1. The zero-order valence-electron chi connectivity index (χ0n) is 9.76. The number of halogens is 2. The number of hydrogen-bond donors (Lipinski definition) is 1. The number of nitrogens with one attached hydrogen (secondary N) is 1. The lowest BCUT2D eigenvalue weighted by Gasteiger charge is -2.16. The average Bonchev–Trinajstić information content (AvgIpc) is 2.17. The van der Waals surface area contributed by atoms with Crippen molar-refractivity contribution in [3.05, 3.63) is 29.8 Å². The van der Waals surface area contributed by atoms with Gasteiger partial charge in [-0.15, -0.1) is 11.8 Å². The van der Waals surface area contributed by atoms with Gasteiger partial charge in [-0.1, -0.05) is 26.0 Å². The Morgan fingerprint density at radius 1 is 1.25 bits per heavy atom. The smallest absolute Gasteiger partial charge is 0.285 e. The molecule has 1 aromatic carbocycles. The van der Waals surface area contributed by atoms with Gasteiger partial charge in [-0.3, -0.25) is 0 Å². The van der Waals surface area contributed by atoms with Gasteiger partial charge in [0, 0.05) is 15.7 Å². The highest BCUT2D eigenvalue weighted by molar-refractivity contribution is 7.99. The summed E-state index contributed by atoms with van der Waals surface area (Å²) in [5, 5.41) is 2.96. The van der Waals surface area contributed by atoms with Gasteiger partial charge in [-0.25, -0.2) is 0 Å². The largest absolute Gasteiger partial charge is 0.314 e. The topological polar surface area (TPSA) is 12.0 Å². The molecule has 0 heterocycles. The Kier molecular flexibility index (Phi) is 4.74. The van der Waals surface area contributed by atoms with Crippen LogP contribution in [0.4, 0.5) is 8.78 Å². The number of likely N-dealkylation sites (N-methyl/N-ethyl adjacent to an activating group) is 1. The summed E-state index contributed by atoms with van der Waals surface area (Å²) < 4.78 is 27.0. The van der Waals surface area contributed by atoms with Crippen molar-refractivity contribution in [3.63, 3.8) is 0 Å². The fraction of sp³-hybridized carbons (Fsp3) is 0.500. The molecule has 0 aliphatic rings. The number of hydrogen-bond acceptors (Lipinski definition) is 2. The first-order valence-corrected chi connectivity index (χ1v) is 6.13. The van der Waals surface area contributed by atoms with Crippen molar-refractivity contribution in [2.75, 3.05) is 13.6 Å². The first-order chi connectivity index (χ1) is 7.45. The van der Waals surface area contributed by atoms with Gasteiger partial charge in [0.25, 0.3) is 5.92 Å². The van der Waals surface area contributed by atoms with E-state index in [1.165, 1.54) is 19.2 Å². The third-order valence-corrected chi connectivity index (χ3v) is 3.06. The number of benzene rings is 1. The lowest BCUT2D eigenvalue weighted by molar-refractivity contribution is -0.00130. The zero-order valence-corrected chi connectivity index (χ0v) is 10.6. The van der Waals surface area contributed by atoms with Crippen LogP contribution in [0.15, 0.2) is 29.2 Å². The van der Waals surface area contributed by atoms with Gasteiger partial charge >= 0.3 is 0 Å². The third-order valence-electron chi connectivity index (χ3n) is 2.05. The van der Waals surface area contributed by atoms with Gasteiger partial charge in [0.15, 0.2) is 0 Å². The predicted octanol–water partition coefficient (Wildman–Crippen LogP) is 3.50. The molecule has 0 amide bonds. The Hall–Kier alpha value is -0.610.